The predicted molar refractivity (Wildman–Crippen MR) is 114 cm³/mol. The summed E-state index contributed by atoms with van der Waals surface area (Å²) in [5, 5.41) is 5.30. The lowest BCUT2D eigenvalue weighted by atomic mass is 10.0. The average molecular weight is 429 g/mol. The largest absolute Gasteiger partial charge is 0.389 e. The Morgan fingerprint density at radius 3 is 2.74 bits per heavy atom. The lowest BCUT2D eigenvalue weighted by molar-refractivity contribution is -0.134. The number of aromatic nitrogens is 1. The molecule has 1 fully saturated rings. The summed E-state index contributed by atoms with van der Waals surface area (Å²) < 4.78 is 5.38. The van der Waals surface area contributed by atoms with Gasteiger partial charge in [-0.25, -0.2) is 4.79 Å². The smallest absolute Gasteiger partial charge is 0.348 e. The third kappa shape index (κ3) is 5.26. The van der Waals surface area contributed by atoms with Gasteiger partial charge in [-0.3, -0.25) is 19.7 Å². The van der Waals surface area contributed by atoms with Crippen LogP contribution in [0.3, 0.4) is 0 Å². The molecule has 0 radical (unpaired) electrons. The van der Waals surface area contributed by atoms with Crippen molar-refractivity contribution in [1.29, 1.82) is 0 Å². The molecule has 166 valence electrons. The van der Waals surface area contributed by atoms with Crippen LogP contribution in [-0.2, 0) is 14.4 Å². The zero-order chi connectivity index (χ0) is 22.5. The average Bonchev–Trinajstić information content (AvgIpc) is 3.23. The maximum absolute atomic E-state index is 13.0. The van der Waals surface area contributed by atoms with Gasteiger partial charge in [0.25, 0.3) is 0 Å². The fourth-order valence-corrected chi connectivity index (χ4v) is 3.64. The quantitative estimate of drug-likeness (QED) is 0.569. The van der Waals surface area contributed by atoms with E-state index in [4.69, 9.17) is 10.2 Å². The summed E-state index contributed by atoms with van der Waals surface area (Å²) in [5.74, 6) is -1.50. The minimum Gasteiger partial charge on any atom is -0.389 e. The van der Waals surface area contributed by atoms with Gasteiger partial charge in [-0.15, -0.1) is 0 Å². The van der Waals surface area contributed by atoms with Crippen LogP contribution in [-0.4, -0.2) is 47.9 Å². The molecule has 4 N–H and O–H groups in total. The van der Waals surface area contributed by atoms with Crippen LogP contribution in [0.1, 0.15) is 33.1 Å². The number of imide groups is 1. The number of hydrogen-bond acceptors (Lipinski definition) is 8. The molecule has 1 aliphatic heterocycles. The molecule has 10 nitrogen and oxygen atoms in total. The van der Waals surface area contributed by atoms with Gasteiger partial charge in [0.05, 0.1) is 17.4 Å². The maximum atomic E-state index is 13.0. The van der Waals surface area contributed by atoms with E-state index in [9.17, 15) is 19.2 Å². The van der Waals surface area contributed by atoms with Gasteiger partial charge in [0.15, 0.2) is 0 Å². The molecule has 2 atom stereocenters. The first-order valence-electron chi connectivity index (χ1n) is 10.3. The second-order valence-electron chi connectivity index (χ2n) is 7.96. The van der Waals surface area contributed by atoms with Crippen LogP contribution < -0.4 is 26.9 Å². The molecule has 0 saturated carbocycles. The molecule has 1 aliphatic rings. The second-order valence-corrected chi connectivity index (χ2v) is 7.96. The Morgan fingerprint density at radius 1 is 1.29 bits per heavy atom. The number of anilines is 1. The molecule has 1 aromatic carbocycles. The summed E-state index contributed by atoms with van der Waals surface area (Å²) in [6.07, 6.45) is 1.57. The Morgan fingerprint density at radius 2 is 2.03 bits per heavy atom. The number of nitrogens with one attached hydrogen (secondary N) is 2. The van der Waals surface area contributed by atoms with E-state index < -0.39 is 35.4 Å². The van der Waals surface area contributed by atoms with Crippen LogP contribution >= 0.6 is 0 Å². The monoisotopic (exact) mass is 429 g/mol. The van der Waals surface area contributed by atoms with Crippen molar-refractivity contribution in [2.24, 2.45) is 11.7 Å². The normalized spacial score (nSPS) is 17.0. The molecule has 0 unspecified atom stereocenters. The first-order chi connectivity index (χ1) is 14.8. The van der Waals surface area contributed by atoms with Gasteiger partial charge in [0.2, 0.25) is 17.7 Å². The highest BCUT2D eigenvalue weighted by Crippen LogP contribution is 2.25. The van der Waals surface area contributed by atoms with Crippen LogP contribution in [0.4, 0.5) is 6.01 Å². The van der Waals surface area contributed by atoms with Crippen molar-refractivity contribution >= 4 is 34.6 Å². The van der Waals surface area contributed by atoms with E-state index >= 15 is 0 Å². The van der Waals surface area contributed by atoms with Crippen LogP contribution in [0, 0.1) is 5.92 Å². The zero-order valence-corrected chi connectivity index (χ0v) is 17.6. The Bertz CT molecular complexity index is 1030. The Hall–Kier alpha value is -3.27. The predicted octanol–water partition coefficient (Wildman–Crippen LogP) is 0.289. The van der Waals surface area contributed by atoms with Crippen LogP contribution in [0.15, 0.2) is 33.5 Å². The second kappa shape index (κ2) is 9.69. The first-order valence-corrected chi connectivity index (χ1v) is 10.3. The number of amides is 3. The molecular weight excluding hydrogens is 402 g/mol. The van der Waals surface area contributed by atoms with Crippen molar-refractivity contribution in [3.8, 4) is 0 Å². The summed E-state index contributed by atoms with van der Waals surface area (Å²) >= 11 is 0. The summed E-state index contributed by atoms with van der Waals surface area (Å²) in [6, 6.07) is 5.37. The molecule has 0 spiro atoms. The van der Waals surface area contributed by atoms with Gasteiger partial charge in [-0.05, 0) is 37.3 Å². The number of hydrogen-bond donors (Lipinski definition) is 3. The molecule has 10 heteroatoms. The number of benzene rings is 1. The van der Waals surface area contributed by atoms with E-state index in [1.807, 2.05) is 13.8 Å². The van der Waals surface area contributed by atoms with Gasteiger partial charge in [-0.2, -0.15) is 4.98 Å². The molecule has 2 heterocycles. The van der Waals surface area contributed by atoms with Crippen molar-refractivity contribution < 1.29 is 18.8 Å². The molecule has 0 bridgehead atoms. The molecule has 0 aliphatic carbocycles. The minimum atomic E-state index is -0.887. The highest BCUT2D eigenvalue weighted by molar-refractivity contribution is 6.00. The third-order valence-electron chi connectivity index (χ3n) is 5.11. The molecule has 1 saturated heterocycles. The highest BCUT2D eigenvalue weighted by atomic mass is 16.4. The van der Waals surface area contributed by atoms with E-state index in [-0.39, 0.29) is 18.5 Å². The summed E-state index contributed by atoms with van der Waals surface area (Å²) in [5.41, 5.74) is 5.22. The van der Waals surface area contributed by atoms with Crippen LogP contribution in [0.5, 0.6) is 0 Å². The number of carbonyl (C=O) groups excluding carboxylic acids is 3. The number of fused-ring (bicyclic) bond motifs is 1. The minimum absolute atomic E-state index is 0.0736. The third-order valence-corrected chi connectivity index (χ3v) is 5.11. The van der Waals surface area contributed by atoms with Gasteiger partial charge >= 0.3 is 11.6 Å². The lowest BCUT2D eigenvalue weighted by Crippen LogP contribution is -2.54. The van der Waals surface area contributed by atoms with E-state index in [0.29, 0.717) is 36.7 Å². The van der Waals surface area contributed by atoms with Gasteiger partial charge in [0, 0.05) is 6.54 Å². The first kappa shape index (κ1) is 22.4. The van der Waals surface area contributed by atoms with Crippen molar-refractivity contribution in [2.45, 2.75) is 45.2 Å². The van der Waals surface area contributed by atoms with Crippen LogP contribution in [0.25, 0.3) is 10.9 Å². The topological polar surface area (TPSA) is 148 Å². The summed E-state index contributed by atoms with van der Waals surface area (Å²) in [4.78, 5) is 55.4. The van der Waals surface area contributed by atoms with Crippen molar-refractivity contribution in [3.63, 3.8) is 0 Å². The van der Waals surface area contributed by atoms with E-state index in [1.165, 1.54) is 0 Å². The van der Waals surface area contributed by atoms with Gasteiger partial charge < -0.3 is 20.4 Å². The zero-order valence-electron chi connectivity index (χ0n) is 17.6. The maximum Gasteiger partial charge on any atom is 0.348 e. The number of carbonyl (C=O) groups is 3. The summed E-state index contributed by atoms with van der Waals surface area (Å²) in [7, 11) is 0. The molecule has 3 rings (SSSR count). The number of rotatable bonds is 7. The molecule has 1 aromatic heterocycles. The SMILES string of the molecule is CC(C)C[C@H](NC(=O)[C@@H]1CCCN1c1nc2ccccc2c(=O)o1)C(=O)NC(=O)CN. The Kier molecular flexibility index (Phi) is 7.01. The van der Waals surface area contributed by atoms with Gasteiger partial charge in [-0.1, -0.05) is 26.0 Å². The van der Waals surface area contributed by atoms with Crippen LogP contribution in [0.2, 0.25) is 0 Å². The fourth-order valence-electron chi connectivity index (χ4n) is 3.64. The van der Waals surface area contributed by atoms with E-state index in [0.717, 1.165) is 0 Å². The van der Waals surface area contributed by atoms with Crippen molar-refractivity contribution in [1.82, 2.24) is 15.6 Å². The van der Waals surface area contributed by atoms with Crippen molar-refractivity contribution in [3.05, 3.63) is 34.7 Å². The molecule has 31 heavy (non-hydrogen) atoms. The molecular formula is C21H27N5O5. The van der Waals surface area contributed by atoms with Crippen molar-refractivity contribution in [2.75, 3.05) is 18.0 Å². The number of nitrogens with zero attached hydrogens (tertiary/aromatic N) is 2. The van der Waals surface area contributed by atoms with Gasteiger partial charge in [0.1, 0.15) is 12.1 Å². The highest BCUT2D eigenvalue weighted by Gasteiger charge is 2.35. The standard InChI is InChI=1S/C21H27N5O5/c1-12(2)10-15(18(28)25-17(27)11-22)23-19(29)16-8-5-9-26(16)21-24-14-7-4-3-6-13(14)20(30)31-21/h3-4,6-7,12,15-16H,5,8-11,22H2,1-2H3,(H,23,29)(H,25,27,28)/t15-,16-/m0/s1. The summed E-state index contributed by atoms with van der Waals surface area (Å²) in [6.45, 7) is 3.98. The Labute approximate surface area is 179 Å². The van der Waals surface area contributed by atoms with E-state index in [2.05, 4.69) is 15.6 Å². The molecule has 3 amide bonds. The fraction of sp³-hybridized carbons (Fsp3) is 0.476. The number of nitrogens with two attached hydrogens (primary N) is 1. The molecule has 2 aromatic rings. The number of para-hydroxylation sites is 1. The lowest BCUT2D eigenvalue weighted by Gasteiger charge is -2.26. The Balaban J connectivity index is 1.80. The van der Waals surface area contributed by atoms with E-state index in [1.54, 1.807) is 29.2 Å².